The third-order valence-electron chi connectivity index (χ3n) is 5.19. The van der Waals surface area contributed by atoms with Crippen LogP contribution in [-0.2, 0) is 16.8 Å². The minimum atomic E-state index is -1.98. The van der Waals surface area contributed by atoms with Gasteiger partial charge in [-0.1, -0.05) is 41.9 Å². The van der Waals surface area contributed by atoms with Crippen molar-refractivity contribution in [3.8, 4) is 0 Å². The molecule has 6 heteroatoms. The van der Waals surface area contributed by atoms with Gasteiger partial charge in [0.2, 0.25) is 5.78 Å². The summed E-state index contributed by atoms with van der Waals surface area (Å²) >= 11 is 6.13. The summed E-state index contributed by atoms with van der Waals surface area (Å²) in [7, 11) is 0. The van der Waals surface area contributed by atoms with Crippen molar-refractivity contribution in [2.75, 3.05) is 11.4 Å². The molecule has 1 aliphatic rings. The van der Waals surface area contributed by atoms with Crippen molar-refractivity contribution in [3.63, 3.8) is 0 Å². The number of aryl methyl sites for hydroxylation is 1. The van der Waals surface area contributed by atoms with E-state index in [0.717, 1.165) is 5.56 Å². The van der Waals surface area contributed by atoms with Crippen LogP contribution in [0.4, 0.5) is 5.69 Å². The molecule has 0 unspecified atom stereocenters. The molecule has 3 aromatic rings. The number of anilines is 1. The molecule has 1 aromatic heterocycles. The highest BCUT2D eigenvalue weighted by Gasteiger charge is 2.51. The van der Waals surface area contributed by atoms with Crippen LogP contribution in [0.1, 0.15) is 33.9 Å². The summed E-state index contributed by atoms with van der Waals surface area (Å²) in [6.07, 6.45) is 0.212. The van der Waals surface area contributed by atoms with E-state index in [4.69, 9.17) is 16.0 Å². The molecule has 29 heavy (non-hydrogen) atoms. The second-order valence-electron chi connectivity index (χ2n) is 7.22. The lowest BCUT2D eigenvalue weighted by atomic mass is 9.89. The Morgan fingerprint density at radius 2 is 1.90 bits per heavy atom. The standard InChI is InChI=1S/C23H20ClNO4/c1-15-7-10-21(29-15)20(26)14-23(28)18-13-17(24)8-9-19(18)25(22(23)27)12-11-16-5-3-2-4-6-16/h2-10,13,28H,11-12,14H2,1H3/t23-/m0/s1. The fourth-order valence-corrected chi connectivity index (χ4v) is 3.88. The zero-order valence-electron chi connectivity index (χ0n) is 15.9. The maximum absolute atomic E-state index is 13.2. The number of fused-ring (bicyclic) bond motifs is 1. The number of halogens is 1. The van der Waals surface area contributed by atoms with Crippen LogP contribution in [0.2, 0.25) is 5.02 Å². The molecular weight excluding hydrogens is 390 g/mol. The number of carbonyl (C=O) groups is 2. The van der Waals surface area contributed by atoms with Crippen LogP contribution in [0.25, 0.3) is 0 Å². The highest BCUT2D eigenvalue weighted by atomic mass is 35.5. The first-order valence-electron chi connectivity index (χ1n) is 9.36. The minimum absolute atomic E-state index is 0.120. The minimum Gasteiger partial charge on any atom is -0.458 e. The first-order valence-corrected chi connectivity index (χ1v) is 9.74. The topological polar surface area (TPSA) is 70.8 Å². The number of furan rings is 1. The highest BCUT2D eigenvalue weighted by Crippen LogP contribution is 2.44. The van der Waals surface area contributed by atoms with E-state index in [-0.39, 0.29) is 5.76 Å². The van der Waals surface area contributed by atoms with Crippen LogP contribution in [-0.4, -0.2) is 23.3 Å². The molecule has 0 saturated carbocycles. The number of rotatable bonds is 6. The number of ketones is 1. The van der Waals surface area contributed by atoms with Crippen LogP contribution >= 0.6 is 11.6 Å². The average molecular weight is 410 g/mol. The molecule has 5 nitrogen and oxygen atoms in total. The number of carbonyl (C=O) groups excluding carboxylic acids is 2. The van der Waals surface area contributed by atoms with Gasteiger partial charge in [-0.25, -0.2) is 0 Å². The molecule has 4 rings (SSSR count). The van der Waals surface area contributed by atoms with E-state index >= 15 is 0 Å². The van der Waals surface area contributed by atoms with E-state index in [1.54, 1.807) is 37.3 Å². The zero-order chi connectivity index (χ0) is 20.6. The molecule has 0 fully saturated rings. The number of aliphatic hydroxyl groups is 1. The normalized spacial score (nSPS) is 18.2. The molecule has 0 saturated heterocycles. The second-order valence-corrected chi connectivity index (χ2v) is 7.66. The molecule has 1 atom stereocenters. The third kappa shape index (κ3) is 3.59. The molecule has 0 spiro atoms. The first kappa shape index (κ1) is 19.4. The monoisotopic (exact) mass is 409 g/mol. The van der Waals surface area contributed by atoms with E-state index in [1.807, 2.05) is 30.3 Å². The Labute approximate surface area is 173 Å². The predicted octanol–water partition coefficient (Wildman–Crippen LogP) is 4.29. The van der Waals surface area contributed by atoms with Gasteiger partial charge in [-0.3, -0.25) is 9.59 Å². The van der Waals surface area contributed by atoms with Gasteiger partial charge in [0.1, 0.15) is 5.76 Å². The molecule has 1 amide bonds. The van der Waals surface area contributed by atoms with E-state index in [9.17, 15) is 14.7 Å². The maximum Gasteiger partial charge on any atom is 0.264 e. The molecule has 2 aromatic carbocycles. The van der Waals surface area contributed by atoms with Gasteiger partial charge in [-0.05, 0) is 49.2 Å². The van der Waals surface area contributed by atoms with Crippen LogP contribution in [0, 0.1) is 6.92 Å². The number of hydrogen-bond acceptors (Lipinski definition) is 4. The van der Waals surface area contributed by atoms with Crippen molar-refractivity contribution in [3.05, 3.63) is 88.3 Å². The van der Waals surface area contributed by atoms with Gasteiger partial charge in [0, 0.05) is 17.1 Å². The zero-order valence-corrected chi connectivity index (χ0v) is 16.6. The first-order chi connectivity index (χ1) is 13.9. The largest absolute Gasteiger partial charge is 0.458 e. The van der Waals surface area contributed by atoms with Crippen LogP contribution in [0.3, 0.4) is 0 Å². The summed E-state index contributed by atoms with van der Waals surface area (Å²) in [6.45, 7) is 2.11. The van der Waals surface area contributed by atoms with Gasteiger partial charge in [0.25, 0.3) is 5.91 Å². The summed E-state index contributed by atoms with van der Waals surface area (Å²) < 4.78 is 5.37. The van der Waals surface area contributed by atoms with Crippen molar-refractivity contribution in [2.24, 2.45) is 0 Å². The van der Waals surface area contributed by atoms with Crippen molar-refractivity contribution < 1.29 is 19.1 Å². The summed E-state index contributed by atoms with van der Waals surface area (Å²) in [4.78, 5) is 27.5. The molecule has 0 aliphatic carbocycles. The van der Waals surface area contributed by atoms with Gasteiger partial charge in [-0.2, -0.15) is 0 Å². The Kier molecular flexibility index (Phi) is 5.03. The number of hydrogen-bond donors (Lipinski definition) is 1. The Balaban J connectivity index is 1.65. The lowest BCUT2D eigenvalue weighted by molar-refractivity contribution is -0.135. The summed E-state index contributed by atoms with van der Waals surface area (Å²) in [6, 6.07) is 17.9. The molecule has 148 valence electrons. The fourth-order valence-electron chi connectivity index (χ4n) is 3.71. The molecule has 2 heterocycles. The maximum atomic E-state index is 13.2. The van der Waals surface area contributed by atoms with Crippen molar-refractivity contribution >= 4 is 29.0 Å². The van der Waals surface area contributed by atoms with Crippen molar-refractivity contribution in [2.45, 2.75) is 25.4 Å². The van der Waals surface area contributed by atoms with Gasteiger partial charge < -0.3 is 14.4 Å². The van der Waals surface area contributed by atoms with Gasteiger partial charge in [-0.15, -0.1) is 0 Å². The Morgan fingerprint density at radius 1 is 1.14 bits per heavy atom. The molecule has 0 radical (unpaired) electrons. The van der Waals surface area contributed by atoms with Crippen LogP contribution in [0.15, 0.2) is 65.1 Å². The average Bonchev–Trinajstić information content (AvgIpc) is 3.23. The van der Waals surface area contributed by atoms with E-state index in [0.29, 0.717) is 35.0 Å². The summed E-state index contributed by atoms with van der Waals surface area (Å²) in [5, 5.41) is 11.7. The van der Waals surface area contributed by atoms with Gasteiger partial charge >= 0.3 is 0 Å². The lowest BCUT2D eigenvalue weighted by Crippen LogP contribution is -2.42. The molecule has 1 aliphatic heterocycles. The van der Waals surface area contributed by atoms with E-state index < -0.39 is 23.7 Å². The quantitative estimate of drug-likeness (QED) is 0.616. The second kappa shape index (κ2) is 7.50. The van der Waals surface area contributed by atoms with Gasteiger partial charge in [0.05, 0.1) is 12.1 Å². The number of amides is 1. The number of benzene rings is 2. The summed E-state index contributed by atoms with van der Waals surface area (Å²) in [5.74, 6) is -0.256. The van der Waals surface area contributed by atoms with Crippen LogP contribution < -0.4 is 4.90 Å². The summed E-state index contributed by atoms with van der Waals surface area (Å²) in [5.41, 5.74) is 0.0173. The predicted molar refractivity (Wildman–Crippen MR) is 110 cm³/mol. The smallest absolute Gasteiger partial charge is 0.264 e. The van der Waals surface area contributed by atoms with Gasteiger partial charge in [0.15, 0.2) is 11.4 Å². The fraction of sp³-hybridized carbons (Fsp3) is 0.217. The molecule has 1 N–H and O–H groups in total. The van der Waals surface area contributed by atoms with E-state index in [1.165, 1.54) is 4.90 Å². The SMILES string of the molecule is Cc1ccc(C(=O)C[C@@]2(O)C(=O)N(CCc3ccccc3)c3ccc(Cl)cc32)o1. The number of Topliss-reactive ketones (excluding diaryl/α,β-unsaturated/α-hetero) is 1. The van der Waals surface area contributed by atoms with Crippen molar-refractivity contribution in [1.29, 1.82) is 0 Å². The Hall–Kier alpha value is -2.89. The third-order valence-corrected chi connectivity index (χ3v) is 5.43. The van der Waals surface area contributed by atoms with E-state index in [2.05, 4.69) is 0 Å². The van der Waals surface area contributed by atoms with Crippen LogP contribution in [0.5, 0.6) is 0 Å². The highest BCUT2D eigenvalue weighted by molar-refractivity contribution is 6.31. The lowest BCUT2D eigenvalue weighted by Gasteiger charge is -2.22. The Morgan fingerprint density at radius 3 is 2.59 bits per heavy atom. The molecular formula is C23H20ClNO4. The Bertz CT molecular complexity index is 1080. The number of nitrogens with zero attached hydrogens (tertiary/aromatic N) is 1. The van der Waals surface area contributed by atoms with Crippen molar-refractivity contribution in [1.82, 2.24) is 0 Å². The molecule has 0 bridgehead atoms.